The van der Waals surface area contributed by atoms with Gasteiger partial charge < -0.3 is 15.1 Å². The first kappa shape index (κ1) is 19.3. The molecule has 6 nitrogen and oxygen atoms in total. The molecule has 2 saturated heterocycles. The summed E-state index contributed by atoms with van der Waals surface area (Å²) in [4.78, 5) is 24.8. The Balaban J connectivity index is 0.00000208. The van der Waals surface area contributed by atoms with Crippen LogP contribution in [0.5, 0.6) is 0 Å². The molecule has 2 aliphatic heterocycles. The number of aliphatic hydroxyl groups excluding tert-OH is 1. The van der Waals surface area contributed by atoms with Crippen molar-refractivity contribution in [1.29, 1.82) is 5.26 Å². The van der Waals surface area contributed by atoms with Gasteiger partial charge in [-0.15, -0.1) is 11.8 Å². The molecule has 4 unspecified atom stereocenters. The van der Waals surface area contributed by atoms with Crippen molar-refractivity contribution in [2.75, 3.05) is 0 Å². The van der Waals surface area contributed by atoms with Crippen molar-refractivity contribution in [1.82, 2.24) is 4.90 Å². The van der Waals surface area contributed by atoms with E-state index in [0.29, 0.717) is 5.56 Å². The fourth-order valence-electron chi connectivity index (χ4n) is 3.16. The van der Waals surface area contributed by atoms with E-state index in [2.05, 4.69) is 6.07 Å². The molecule has 0 bridgehead atoms. The molecule has 3 rings (SSSR count). The van der Waals surface area contributed by atoms with Crippen molar-refractivity contribution in [2.24, 2.45) is 5.92 Å². The molecule has 2 N–H and O–H groups in total. The van der Waals surface area contributed by atoms with Gasteiger partial charge in [-0.25, -0.2) is 4.79 Å². The first-order valence-electron chi connectivity index (χ1n) is 7.19. The number of carbonyl (C=O) groups excluding carboxylic acids is 1. The number of carboxylic acids is 1. The molecule has 2 heterocycles. The monoisotopic (exact) mass is 356 g/mol. The number of nitriles is 1. The van der Waals surface area contributed by atoms with Crippen LogP contribution in [0.3, 0.4) is 0 Å². The van der Waals surface area contributed by atoms with Crippen molar-refractivity contribution in [3.05, 3.63) is 35.4 Å². The van der Waals surface area contributed by atoms with Gasteiger partial charge in [-0.1, -0.05) is 12.1 Å². The molecular weight excluding hydrogens is 339 g/mol. The van der Waals surface area contributed by atoms with E-state index in [-0.39, 0.29) is 51.1 Å². The number of hydrogen-bond acceptors (Lipinski definition) is 5. The number of hydrogen-bond donors (Lipinski definition) is 2. The van der Waals surface area contributed by atoms with E-state index in [1.807, 2.05) is 13.8 Å². The first-order chi connectivity index (χ1) is 10.8. The molecule has 0 aromatic heterocycles. The molecule has 0 saturated carbocycles. The van der Waals surface area contributed by atoms with Crippen LogP contribution < -0.4 is 0 Å². The SMILES string of the molecule is CC1(C)SC2C(C(O)c3ccc(C(=O)O)cc3)C(=O)N2C1C#N.[NaH]. The molecule has 0 radical (unpaired) electrons. The maximum atomic E-state index is 12.4. The number of carboxylic acid groups (broad SMARTS) is 1. The van der Waals surface area contributed by atoms with E-state index < -0.39 is 24.0 Å². The molecule has 4 atom stereocenters. The van der Waals surface area contributed by atoms with E-state index in [9.17, 15) is 20.0 Å². The van der Waals surface area contributed by atoms with E-state index in [1.54, 1.807) is 4.90 Å². The van der Waals surface area contributed by atoms with Crippen LogP contribution in [0.2, 0.25) is 0 Å². The fraction of sp³-hybridized carbons (Fsp3) is 0.438. The second kappa shape index (κ2) is 6.70. The number of rotatable bonds is 3. The van der Waals surface area contributed by atoms with Crippen LogP contribution in [0.25, 0.3) is 0 Å². The number of benzene rings is 1. The summed E-state index contributed by atoms with van der Waals surface area (Å²) in [6.07, 6.45) is -1.01. The van der Waals surface area contributed by atoms with Gasteiger partial charge >= 0.3 is 35.5 Å². The third-order valence-corrected chi connectivity index (χ3v) is 6.04. The molecule has 1 aromatic rings. The number of carbonyl (C=O) groups is 2. The van der Waals surface area contributed by atoms with Gasteiger partial charge in [0.2, 0.25) is 5.91 Å². The van der Waals surface area contributed by atoms with Crippen molar-refractivity contribution in [2.45, 2.75) is 36.1 Å². The van der Waals surface area contributed by atoms with Gasteiger partial charge in [0.1, 0.15) is 6.04 Å². The molecule has 0 spiro atoms. The van der Waals surface area contributed by atoms with E-state index in [4.69, 9.17) is 5.11 Å². The van der Waals surface area contributed by atoms with Crippen LogP contribution >= 0.6 is 11.8 Å². The second-order valence-corrected chi connectivity index (χ2v) is 8.06. The zero-order valence-electron chi connectivity index (χ0n) is 12.6. The summed E-state index contributed by atoms with van der Waals surface area (Å²) in [6, 6.07) is 7.54. The molecule has 122 valence electrons. The number of thioether (sulfide) groups is 1. The molecule has 2 aliphatic rings. The quantitative estimate of drug-likeness (QED) is 0.618. The average molecular weight is 356 g/mol. The number of aliphatic hydroxyl groups is 1. The van der Waals surface area contributed by atoms with Crippen LogP contribution in [-0.2, 0) is 4.79 Å². The second-order valence-electron chi connectivity index (χ2n) is 6.29. The Bertz CT molecular complexity index is 716. The van der Waals surface area contributed by atoms with Gasteiger partial charge in [0.25, 0.3) is 0 Å². The summed E-state index contributed by atoms with van der Waals surface area (Å²) in [6.45, 7) is 3.84. The van der Waals surface area contributed by atoms with Crippen LogP contribution in [0.4, 0.5) is 0 Å². The van der Waals surface area contributed by atoms with Gasteiger partial charge in [0, 0.05) is 4.75 Å². The number of amides is 1. The Hall–Kier alpha value is -1.04. The Morgan fingerprint density at radius 1 is 1.38 bits per heavy atom. The fourth-order valence-corrected chi connectivity index (χ4v) is 4.83. The van der Waals surface area contributed by atoms with Crippen molar-refractivity contribution in [3.8, 4) is 6.07 Å². The Morgan fingerprint density at radius 2 is 1.96 bits per heavy atom. The molecule has 8 heteroatoms. The van der Waals surface area contributed by atoms with Crippen LogP contribution in [0.15, 0.2) is 24.3 Å². The molecule has 1 amide bonds. The summed E-state index contributed by atoms with van der Waals surface area (Å²) >= 11 is 1.52. The van der Waals surface area contributed by atoms with Gasteiger partial charge in [0.05, 0.1) is 29.0 Å². The summed E-state index contributed by atoms with van der Waals surface area (Å²) in [7, 11) is 0. The van der Waals surface area contributed by atoms with E-state index in [0.717, 1.165) is 0 Å². The third-order valence-electron chi connectivity index (χ3n) is 4.44. The van der Waals surface area contributed by atoms with E-state index in [1.165, 1.54) is 36.0 Å². The minimum absolute atomic E-state index is 0. The summed E-state index contributed by atoms with van der Waals surface area (Å²) in [5, 5.41) is 28.5. The number of fused-ring (bicyclic) bond motifs is 1. The minimum atomic E-state index is -1.04. The Kier molecular flexibility index (Phi) is 5.38. The van der Waals surface area contributed by atoms with E-state index >= 15 is 0 Å². The third kappa shape index (κ3) is 2.87. The summed E-state index contributed by atoms with van der Waals surface area (Å²) < 4.78 is -0.378. The number of β-lactam (4-membered cyclic amide) rings is 1. The standard InChI is InChI=1S/C16H16N2O4S.Na.H/c1-16(2)10(7-17)18-13(20)11(14(18)23-16)12(19)8-3-5-9(6-4-8)15(21)22;;/h3-6,10-12,14,19H,1-2H3,(H,21,22);;. The van der Waals surface area contributed by atoms with Crippen molar-refractivity contribution in [3.63, 3.8) is 0 Å². The van der Waals surface area contributed by atoms with Gasteiger partial charge in [-0.05, 0) is 31.5 Å². The van der Waals surface area contributed by atoms with Gasteiger partial charge in [0.15, 0.2) is 0 Å². The zero-order valence-corrected chi connectivity index (χ0v) is 13.4. The predicted molar refractivity (Wildman–Crippen MR) is 90.7 cm³/mol. The summed E-state index contributed by atoms with van der Waals surface area (Å²) in [5.41, 5.74) is 0.634. The first-order valence-corrected chi connectivity index (χ1v) is 8.07. The molecule has 0 aliphatic carbocycles. The Morgan fingerprint density at radius 3 is 2.46 bits per heavy atom. The van der Waals surface area contributed by atoms with Crippen LogP contribution in [0.1, 0.15) is 35.9 Å². The topological polar surface area (TPSA) is 102 Å². The normalized spacial score (nSPS) is 28.2. The molecule has 24 heavy (non-hydrogen) atoms. The average Bonchev–Trinajstić information content (AvgIpc) is 2.74. The molecule has 1 aromatic carbocycles. The number of nitrogens with zero attached hydrogens (tertiary/aromatic N) is 2. The van der Waals surface area contributed by atoms with Crippen LogP contribution in [0, 0.1) is 17.2 Å². The van der Waals surface area contributed by atoms with Gasteiger partial charge in [-0.2, -0.15) is 5.26 Å². The molecular formula is C16H17N2NaO4S. The van der Waals surface area contributed by atoms with Crippen LogP contribution in [-0.4, -0.2) is 72.7 Å². The number of aromatic carboxylic acids is 1. The van der Waals surface area contributed by atoms with Crippen molar-refractivity contribution >= 4 is 53.2 Å². The summed E-state index contributed by atoms with van der Waals surface area (Å²) in [5.74, 6) is -1.87. The maximum absolute atomic E-state index is 12.4. The van der Waals surface area contributed by atoms with Crippen molar-refractivity contribution < 1.29 is 19.8 Å². The predicted octanol–water partition coefficient (Wildman–Crippen LogP) is 0.972. The zero-order chi connectivity index (χ0) is 16.9. The van der Waals surface area contributed by atoms with Gasteiger partial charge in [-0.3, -0.25) is 4.79 Å². The molecule has 2 fully saturated rings. The Labute approximate surface area is 166 Å².